The summed E-state index contributed by atoms with van der Waals surface area (Å²) in [6.07, 6.45) is 0.949. The Bertz CT molecular complexity index is 524. The highest BCUT2D eigenvalue weighted by atomic mass is 16.2. The van der Waals surface area contributed by atoms with Crippen molar-refractivity contribution in [2.24, 2.45) is 11.7 Å². The molecule has 112 valence electrons. The highest BCUT2D eigenvalue weighted by molar-refractivity contribution is 5.83. The van der Waals surface area contributed by atoms with Crippen LogP contribution in [0.25, 0.3) is 0 Å². The third-order valence-electron chi connectivity index (χ3n) is 4.45. The molecule has 2 atom stereocenters. The van der Waals surface area contributed by atoms with Crippen LogP contribution in [0, 0.1) is 5.92 Å². The molecule has 1 aliphatic heterocycles. The number of amides is 2. The SMILES string of the molecule is NCC(=O)N1CCN(C(=O)[C@@H]2C[C@H]2c2ccccc2)CC1. The summed E-state index contributed by atoms with van der Waals surface area (Å²) in [5.41, 5.74) is 6.62. The number of benzene rings is 1. The van der Waals surface area contributed by atoms with E-state index in [2.05, 4.69) is 12.1 Å². The Morgan fingerprint density at radius 1 is 1.05 bits per heavy atom. The Labute approximate surface area is 124 Å². The van der Waals surface area contributed by atoms with Gasteiger partial charge in [0.2, 0.25) is 11.8 Å². The number of carbonyl (C=O) groups is 2. The summed E-state index contributed by atoms with van der Waals surface area (Å²) < 4.78 is 0. The quantitative estimate of drug-likeness (QED) is 0.876. The summed E-state index contributed by atoms with van der Waals surface area (Å²) in [5.74, 6) is 0.714. The smallest absolute Gasteiger partial charge is 0.236 e. The third kappa shape index (κ3) is 2.93. The normalized spacial score (nSPS) is 24.8. The fourth-order valence-corrected chi connectivity index (χ4v) is 3.08. The lowest BCUT2D eigenvalue weighted by molar-refractivity contribution is -0.139. The molecule has 1 saturated heterocycles. The van der Waals surface area contributed by atoms with Gasteiger partial charge < -0.3 is 15.5 Å². The molecule has 1 aromatic carbocycles. The van der Waals surface area contributed by atoms with E-state index in [0.29, 0.717) is 32.1 Å². The number of piperazine rings is 1. The number of nitrogens with zero attached hydrogens (tertiary/aromatic N) is 2. The maximum Gasteiger partial charge on any atom is 0.236 e. The van der Waals surface area contributed by atoms with Crippen LogP contribution in [0.5, 0.6) is 0 Å². The molecule has 5 nitrogen and oxygen atoms in total. The van der Waals surface area contributed by atoms with Crippen LogP contribution >= 0.6 is 0 Å². The first-order valence-corrected chi connectivity index (χ1v) is 7.52. The molecular formula is C16H21N3O2. The van der Waals surface area contributed by atoms with Crippen molar-refractivity contribution < 1.29 is 9.59 Å². The van der Waals surface area contributed by atoms with E-state index in [-0.39, 0.29) is 24.3 Å². The van der Waals surface area contributed by atoms with Gasteiger partial charge in [0.05, 0.1) is 6.54 Å². The van der Waals surface area contributed by atoms with Crippen molar-refractivity contribution in [1.29, 1.82) is 0 Å². The predicted molar refractivity (Wildman–Crippen MR) is 79.5 cm³/mol. The fraction of sp³-hybridized carbons (Fsp3) is 0.500. The van der Waals surface area contributed by atoms with E-state index in [1.807, 2.05) is 23.1 Å². The molecule has 2 aliphatic rings. The molecule has 2 fully saturated rings. The van der Waals surface area contributed by atoms with Gasteiger partial charge in [-0.15, -0.1) is 0 Å². The van der Waals surface area contributed by atoms with Crippen molar-refractivity contribution in [3.05, 3.63) is 35.9 Å². The zero-order valence-electron chi connectivity index (χ0n) is 12.1. The predicted octanol–water partition coefficient (Wildman–Crippen LogP) is 0.420. The number of nitrogens with two attached hydrogens (primary N) is 1. The Morgan fingerprint density at radius 3 is 2.29 bits per heavy atom. The van der Waals surface area contributed by atoms with Crippen LogP contribution in [-0.2, 0) is 9.59 Å². The largest absolute Gasteiger partial charge is 0.339 e. The molecular weight excluding hydrogens is 266 g/mol. The van der Waals surface area contributed by atoms with Crippen molar-refractivity contribution in [3.63, 3.8) is 0 Å². The van der Waals surface area contributed by atoms with Gasteiger partial charge in [0, 0.05) is 32.1 Å². The molecule has 1 saturated carbocycles. The lowest BCUT2D eigenvalue weighted by atomic mass is 10.1. The molecule has 5 heteroatoms. The molecule has 0 spiro atoms. The van der Waals surface area contributed by atoms with E-state index in [9.17, 15) is 9.59 Å². The molecule has 1 aliphatic carbocycles. The van der Waals surface area contributed by atoms with Gasteiger partial charge in [0.25, 0.3) is 0 Å². The first-order chi connectivity index (χ1) is 10.2. The van der Waals surface area contributed by atoms with Crippen molar-refractivity contribution in [3.8, 4) is 0 Å². The standard InChI is InChI=1S/C16H21N3O2/c17-11-15(20)18-6-8-19(9-7-18)16(21)14-10-13(14)12-4-2-1-3-5-12/h1-5,13-14H,6-11,17H2/t13-,14+/m0/s1. The Hall–Kier alpha value is -1.88. The third-order valence-corrected chi connectivity index (χ3v) is 4.45. The van der Waals surface area contributed by atoms with Crippen LogP contribution in [-0.4, -0.2) is 54.3 Å². The van der Waals surface area contributed by atoms with Crippen molar-refractivity contribution >= 4 is 11.8 Å². The first-order valence-electron chi connectivity index (χ1n) is 7.52. The minimum absolute atomic E-state index is 0.0318. The molecule has 0 bridgehead atoms. The lowest BCUT2D eigenvalue weighted by Gasteiger charge is -2.34. The summed E-state index contributed by atoms with van der Waals surface area (Å²) in [6, 6.07) is 10.2. The summed E-state index contributed by atoms with van der Waals surface area (Å²) in [5, 5.41) is 0. The molecule has 0 radical (unpaired) electrons. The van der Waals surface area contributed by atoms with Gasteiger partial charge in [0.1, 0.15) is 0 Å². The van der Waals surface area contributed by atoms with E-state index in [1.165, 1.54) is 5.56 Å². The van der Waals surface area contributed by atoms with E-state index >= 15 is 0 Å². The van der Waals surface area contributed by atoms with Gasteiger partial charge in [-0.25, -0.2) is 0 Å². The number of hydrogen-bond acceptors (Lipinski definition) is 3. The van der Waals surface area contributed by atoms with Crippen molar-refractivity contribution in [2.75, 3.05) is 32.7 Å². The summed E-state index contributed by atoms with van der Waals surface area (Å²) in [4.78, 5) is 27.7. The minimum atomic E-state index is -0.0318. The zero-order chi connectivity index (χ0) is 14.8. The maximum absolute atomic E-state index is 12.5. The number of rotatable bonds is 3. The maximum atomic E-state index is 12.5. The summed E-state index contributed by atoms with van der Waals surface area (Å²) in [6.45, 7) is 2.51. The van der Waals surface area contributed by atoms with Gasteiger partial charge in [-0.3, -0.25) is 9.59 Å². The van der Waals surface area contributed by atoms with Crippen LogP contribution in [0.15, 0.2) is 30.3 Å². The highest BCUT2D eigenvalue weighted by Gasteiger charge is 2.46. The van der Waals surface area contributed by atoms with E-state index in [1.54, 1.807) is 4.90 Å². The van der Waals surface area contributed by atoms with Crippen LogP contribution in [0.1, 0.15) is 17.9 Å². The fourth-order valence-electron chi connectivity index (χ4n) is 3.08. The Morgan fingerprint density at radius 2 is 1.67 bits per heavy atom. The average Bonchev–Trinajstić information content (AvgIpc) is 3.35. The molecule has 2 N–H and O–H groups in total. The van der Waals surface area contributed by atoms with E-state index in [0.717, 1.165) is 6.42 Å². The van der Waals surface area contributed by atoms with Crippen LogP contribution in [0.2, 0.25) is 0 Å². The highest BCUT2D eigenvalue weighted by Crippen LogP contribution is 2.48. The topological polar surface area (TPSA) is 66.6 Å². The van der Waals surface area contributed by atoms with Crippen molar-refractivity contribution in [1.82, 2.24) is 9.80 Å². The van der Waals surface area contributed by atoms with Gasteiger partial charge in [0.15, 0.2) is 0 Å². The Kier molecular flexibility index (Phi) is 3.92. The monoisotopic (exact) mass is 287 g/mol. The van der Waals surface area contributed by atoms with E-state index < -0.39 is 0 Å². The number of hydrogen-bond donors (Lipinski definition) is 1. The molecule has 2 amide bonds. The van der Waals surface area contributed by atoms with Gasteiger partial charge in [-0.05, 0) is 17.9 Å². The summed E-state index contributed by atoms with van der Waals surface area (Å²) >= 11 is 0. The lowest BCUT2D eigenvalue weighted by Crippen LogP contribution is -2.52. The van der Waals surface area contributed by atoms with Gasteiger partial charge in [-0.2, -0.15) is 0 Å². The van der Waals surface area contributed by atoms with Crippen LogP contribution < -0.4 is 5.73 Å². The molecule has 1 heterocycles. The molecule has 3 rings (SSSR count). The van der Waals surface area contributed by atoms with Gasteiger partial charge >= 0.3 is 0 Å². The second kappa shape index (κ2) is 5.85. The molecule has 21 heavy (non-hydrogen) atoms. The average molecular weight is 287 g/mol. The minimum Gasteiger partial charge on any atom is -0.339 e. The second-order valence-corrected chi connectivity index (χ2v) is 5.77. The van der Waals surface area contributed by atoms with Gasteiger partial charge in [-0.1, -0.05) is 30.3 Å². The summed E-state index contributed by atoms with van der Waals surface area (Å²) in [7, 11) is 0. The van der Waals surface area contributed by atoms with Crippen LogP contribution in [0.4, 0.5) is 0 Å². The first kappa shape index (κ1) is 14.1. The second-order valence-electron chi connectivity index (χ2n) is 5.77. The van der Waals surface area contributed by atoms with E-state index in [4.69, 9.17) is 5.73 Å². The van der Waals surface area contributed by atoms with Crippen LogP contribution in [0.3, 0.4) is 0 Å². The molecule has 1 aromatic rings. The van der Waals surface area contributed by atoms with Crippen molar-refractivity contribution in [2.45, 2.75) is 12.3 Å². The Balaban J connectivity index is 1.53. The number of carbonyl (C=O) groups excluding carboxylic acids is 2. The zero-order valence-corrected chi connectivity index (χ0v) is 12.1. The molecule has 0 unspecified atom stereocenters. The molecule has 0 aromatic heterocycles.